The fourth-order valence-corrected chi connectivity index (χ4v) is 2.88. The number of benzene rings is 1. The van der Waals surface area contributed by atoms with Crippen LogP contribution >= 0.6 is 23.1 Å². The van der Waals surface area contributed by atoms with Gasteiger partial charge in [-0.3, -0.25) is 0 Å². The van der Waals surface area contributed by atoms with Crippen LogP contribution in [0, 0.1) is 0 Å². The van der Waals surface area contributed by atoms with Crippen molar-refractivity contribution in [1.82, 2.24) is 4.98 Å². The van der Waals surface area contributed by atoms with E-state index in [0.717, 1.165) is 4.34 Å². The van der Waals surface area contributed by atoms with Crippen molar-refractivity contribution in [3.8, 4) is 0 Å². The number of hydrogen-bond donors (Lipinski definition) is 1. The Balaban J connectivity index is 2.33. The lowest BCUT2D eigenvalue weighted by atomic mass is 10.2. The normalized spacial score (nSPS) is 10.9. The molecule has 6 heteroatoms. The molecule has 16 heavy (non-hydrogen) atoms. The van der Waals surface area contributed by atoms with Gasteiger partial charge in [-0.25, -0.2) is 13.8 Å². The van der Waals surface area contributed by atoms with E-state index in [2.05, 4.69) is 4.98 Å². The second kappa shape index (κ2) is 4.80. The maximum Gasteiger partial charge on any atom is 0.265 e. The van der Waals surface area contributed by atoms with Crippen molar-refractivity contribution in [3.63, 3.8) is 0 Å². The summed E-state index contributed by atoms with van der Waals surface area (Å²) in [5.41, 5.74) is 5.79. The summed E-state index contributed by atoms with van der Waals surface area (Å²) in [4.78, 5) is 4.54. The predicted molar refractivity (Wildman–Crippen MR) is 62.0 cm³/mol. The van der Waals surface area contributed by atoms with Gasteiger partial charge in [0.05, 0.1) is 0 Å². The summed E-state index contributed by atoms with van der Waals surface area (Å²) in [7, 11) is 0. The van der Waals surface area contributed by atoms with Gasteiger partial charge in [-0.2, -0.15) is 0 Å². The van der Waals surface area contributed by atoms with Gasteiger partial charge in [0.25, 0.3) is 6.43 Å². The van der Waals surface area contributed by atoms with Crippen LogP contribution in [0.1, 0.15) is 12.0 Å². The van der Waals surface area contributed by atoms with Gasteiger partial charge in [0.2, 0.25) is 0 Å². The van der Waals surface area contributed by atoms with Gasteiger partial charge in [0.1, 0.15) is 0 Å². The Kier molecular flexibility index (Phi) is 3.40. The molecule has 0 spiro atoms. The summed E-state index contributed by atoms with van der Waals surface area (Å²) in [6, 6.07) is 4.52. The molecule has 0 saturated carbocycles. The number of thiazole rings is 1. The van der Waals surface area contributed by atoms with Gasteiger partial charge in [-0.1, -0.05) is 11.8 Å². The van der Waals surface area contributed by atoms with Gasteiger partial charge in [-0.15, -0.1) is 11.3 Å². The molecular formula is C10H8F2N2S2. The Bertz CT molecular complexity index is 472. The first-order valence-electron chi connectivity index (χ1n) is 4.42. The van der Waals surface area contributed by atoms with E-state index >= 15 is 0 Å². The molecule has 2 N–H and O–H groups in total. The fourth-order valence-electron chi connectivity index (χ4n) is 1.19. The Morgan fingerprint density at radius 3 is 2.81 bits per heavy atom. The Labute approximate surface area is 99.5 Å². The number of aromatic nitrogens is 1. The van der Waals surface area contributed by atoms with Crippen LogP contribution in [0.2, 0.25) is 0 Å². The maximum absolute atomic E-state index is 12.8. The minimum Gasteiger partial charge on any atom is -0.399 e. The summed E-state index contributed by atoms with van der Waals surface area (Å²) >= 11 is 2.65. The van der Waals surface area contributed by atoms with Crippen LogP contribution < -0.4 is 5.73 Å². The third-order valence-corrected chi connectivity index (χ3v) is 3.85. The zero-order valence-corrected chi connectivity index (χ0v) is 9.69. The van der Waals surface area contributed by atoms with E-state index in [4.69, 9.17) is 5.73 Å². The molecule has 0 radical (unpaired) electrons. The van der Waals surface area contributed by atoms with Gasteiger partial charge in [-0.05, 0) is 18.2 Å². The molecule has 0 bridgehead atoms. The fraction of sp³-hybridized carbons (Fsp3) is 0.100. The van der Waals surface area contributed by atoms with Crippen molar-refractivity contribution in [1.29, 1.82) is 0 Å². The maximum atomic E-state index is 12.8. The molecule has 84 valence electrons. The first-order valence-corrected chi connectivity index (χ1v) is 6.11. The molecule has 0 saturated heterocycles. The molecule has 0 aliphatic rings. The number of rotatable bonds is 3. The van der Waals surface area contributed by atoms with Crippen molar-refractivity contribution >= 4 is 28.8 Å². The van der Waals surface area contributed by atoms with E-state index in [1.54, 1.807) is 18.3 Å². The highest BCUT2D eigenvalue weighted by atomic mass is 32.2. The highest BCUT2D eigenvalue weighted by Gasteiger charge is 2.14. The number of nitrogens with two attached hydrogens (primary N) is 1. The summed E-state index contributed by atoms with van der Waals surface area (Å²) in [6.07, 6.45) is -0.877. The van der Waals surface area contributed by atoms with E-state index in [0.29, 0.717) is 10.6 Å². The molecule has 1 heterocycles. The number of halogens is 2. The number of anilines is 1. The summed E-state index contributed by atoms with van der Waals surface area (Å²) in [5, 5.41) is 1.81. The van der Waals surface area contributed by atoms with Crippen LogP contribution in [0.15, 0.2) is 39.0 Å². The van der Waals surface area contributed by atoms with Crippen molar-refractivity contribution in [3.05, 3.63) is 35.3 Å². The number of nitrogens with zero attached hydrogens (tertiary/aromatic N) is 1. The zero-order valence-electron chi connectivity index (χ0n) is 8.06. The van der Waals surface area contributed by atoms with Gasteiger partial charge < -0.3 is 5.73 Å². The van der Waals surface area contributed by atoms with Crippen LogP contribution in [0.5, 0.6) is 0 Å². The standard InChI is InChI=1S/C10H8F2N2S2/c11-9(12)7-5-6(13)1-2-8(7)16-10-14-3-4-15-10/h1-5,9H,13H2. The van der Waals surface area contributed by atoms with E-state index in [1.807, 2.05) is 5.38 Å². The van der Waals surface area contributed by atoms with Crippen LogP contribution in [-0.2, 0) is 0 Å². The highest BCUT2D eigenvalue weighted by Crippen LogP contribution is 2.36. The van der Waals surface area contributed by atoms with Crippen LogP contribution in [0.4, 0.5) is 14.5 Å². The summed E-state index contributed by atoms with van der Waals surface area (Å²) in [6.45, 7) is 0. The van der Waals surface area contributed by atoms with Crippen molar-refractivity contribution in [2.45, 2.75) is 15.7 Å². The smallest absolute Gasteiger partial charge is 0.265 e. The molecule has 0 amide bonds. The van der Waals surface area contributed by atoms with Crippen molar-refractivity contribution in [2.75, 3.05) is 5.73 Å². The van der Waals surface area contributed by atoms with Crippen molar-refractivity contribution in [2.24, 2.45) is 0 Å². The van der Waals surface area contributed by atoms with Crippen LogP contribution in [-0.4, -0.2) is 4.98 Å². The number of nitrogen functional groups attached to an aromatic ring is 1. The molecule has 0 aliphatic heterocycles. The highest BCUT2D eigenvalue weighted by molar-refractivity contribution is 8.01. The van der Waals surface area contributed by atoms with Crippen molar-refractivity contribution < 1.29 is 8.78 Å². The quantitative estimate of drug-likeness (QED) is 0.851. The van der Waals surface area contributed by atoms with Gasteiger partial charge in [0, 0.05) is 27.7 Å². The number of hydrogen-bond acceptors (Lipinski definition) is 4. The molecule has 0 unspecified atom stereocenters. The Morgan fingerprint density at radius 1 is 1.38 bits per heavy atom. The van der Waals surface area contributed by atoms with E-state index in [1.165, 1.54) is 29.2 Å². The Morgan fingerprint density at radius 2 is 2.19 bits per heavy atom. The average Bonchev–Trinajstić information content (AvgIpc) is 2.73. The molecule has 0 aliphatic carbocycles. The van der Waals surface area contributed by atoms with Crippen LogP contribution in [0.25, 0.3) is 0 Å². The minimum absolute atomic E-state index is 0.0415. The SMILES string of the molecule is Nc1ccc(Sc2nccs2)c(C(F)F)c1. The van der Waals surface area contributed by atoms with Crippen LogP contribution in [0.3, 0.4) is 0 Å². The second-order valence-corrected chi connectivity index (χ2v) is 5.18. The third kappa shape index (κ3) is 2.51. The molecule has 0 atom stereocenters. The van der Waals surface area contributed by atoms with Gasteiger partial charge >= 0.3 is 0 Å². The Hall–Kier alpha value is -1.14. The largest absolute Gasteiger partial charge is 0.399 e. The molecule has 2 rings (SSSR count). The lowest BCUT2D eigenvalue weighted by molar-refractivity contribution is 0.148. The van der Waals surface area contributed by atoms with E-state index in [9.17, 15) is 8.78 Å². The summed E-state index contributed by atoms with van der Waals surface area (Å²) in [5.74, 6) is 0. The zero-order chi connectivity index (χ0) is 11.5. The number of alkyl halides is 2. The predicted octanol–water partition coefficient (Wildman–Crippen LogP) is 3.81. The van der Waals surface area contributed by atoms with E-state index in [-0.39, 0.29) is 5.56 Å². The molecule has 0 fully saturated rings. The monoisotopic (exact) mass is 258 g/mol. The van der Waals surface area contributed by atoms with Gasteiger partial charge in [0.15, 0.2) is 4.34 Å². The molecule has 1 aromatic carbocycles. The first-order chi connectivity index (χ1) is 7.66. The van der Waals surface area contributed by atoms with E-state index < -0.39 is 6.43 Å². The average molecular weight is 258 g/mol. The topological polar surface area (TPSA) is 38.9 Å². The third-order valence-electron chi connectivity index (χ3n) is 1.88. The lowest BCUT2D eigenvalue weighted by Gasteiger charge is -2.07. The minimum atomic E-state index is -2.52. The molecule has 2 aromatic rings. The second-order valence-electron chi connectivity index (χ2n) is 3.00. The lowest BCUT2D eigenvalue weighted by Crippen LogP contribution is -1.92. The molecular weight excluding hydrogens is 250 g/mol. The first kappa shape index (κ1) is 11.3. The summed E-state index contributed by atoms with van der Waals surface area (Å²) < 4.78 is 26.2. The molecule has 2 nitrogen and oxygen atoms in total. The molecule has 1 aromatic heterocycles.